The number of hydrogen-bond acceptors (Lipinski definition) is 1. The van der Waals surface area contributed by atoms with Gasteiger partial charge in [-0.05, 0) is 18.2 Å². The summed E-state index contributed by atoms with van der Waals surface area (Å²) in [5.41, 5.74) is -0.673. The Labute approximate surface area is 84.0 Å². The first kappa shape index (κ1) is 9.76. The topological polar surface area (TPSA) is 17.8 Å². The van der Waals surface area contributed by atoms with Gasteiger partial charge in [0.1, 0.15) is 5.82 Å². The molecule has 0 N–H and O–H groups in total. The Morgan fingerprint density at radius 1 is 1.13 bits per heavy atom. The van der Waals surface area contributed by atoms with Crippen molar-refractivity contribution in [2.24, 2.45) is 0 Å². The highest BCUT2D eigenvalue weighted by Crippen LogP contribution is 2.29. The lowest BCUT2D eigenvalue weighted by atomic mass is 10.3. The molecule has 0 aromatic carbocycles. The zero-order valence-electron chi connectivity index (χ0n) is 7.57. The zero-order valence-corrected chi connectivity index (χ0v) is 7.57. The van der Waals surface area contributed by atoms with E-state index in [1.54, 1.807) is 18.2 Å². The third kappa shape index (κ3) is 2.01. The van der Waals surface area contributed by atoms with Crippen LogP contribution in [0.5, 0.6) is 0 Å². The van der Waals surface area contributed by atoms with Crippen molar-refractivity contribution in [2.75, 3.05) is 0 Å². The van der Waals surface area contributed by atoms with Crippen molar-refractivity contribution in [2.45, 2.75) is 6.18 Å². The van der Waals surface area contributed by atoms with E-state index in [2.05, 4.69) is 4.98 Å². The van der Waals surface area contributed by atoms with E-state index < -0.39 is 11.7 Å². The summed E-state index contributed by atoms with van der Waals surface area (Å²) in [6, 6.07) is 6.09. The maximum absolute atomic E-state index is 12.3. The normalized spacial score (nSPS) is 11.7. The highest BCUT2D eigenvalue weighted by atomic mass is 19.4. The molecule has 0 unspecified atom stereocenters. The number of pyridine rings is 1. The fraction of sp³-hybridized carbons (Fsp3) is 0.100. The number of rotatable bonds is 1. The highest BCUT2D eigenvalue weighted by Gasteiger charge is 2.31. The molecule has 2 heterocycles. The molecule has 0 atom stereocenters. The monoisotopic (exact) mass is 212 g/mol. The van der Waals surface area contributed by atoms with Crippen LogP contribution < -0.4 is 0 Å². The van der Waals surface area contributed by atoms with Crippen molar-refractivity contribution in [1.82, 2.24) is 9.55 Å². The Bertz CT molecular complexity index is 445. The van der Waals surface area contributed by atoms with Gasteiger partial charge >= 0.3 is 6.18 Å². The molecular weight excluding hydrogens is 205 g/mol. The number of alkyl halides is 3. The summed E-state index contributed by atoms with van der Waals surface area (Å²) in [5, 5.41) is 0. The quantitative estimate of drug-likeness (QED) is 0.710. The smallest absolute Gasteiger partial charge is 0.308 e. The molecule has 2 aromatic heterocycles. The highest BCUT2D eigenvalue weighted by molar-refractivity contribution is 5.27. The molecule has 0 amide bonds. The van der Waals surface area contributed by atoms with E-state index in [9.17, 15) is 13.2 Å². The number of hydrogen-bond donors (Lipinski definition) is 0. The van der Waals surface area contributed by atoms with E-state index in [1.165, 1.54) is 17.0 Å². The van der Waals surface area contributed by atoms with Gasteiger partial charge in [-0.3, -0.25) is 0 Å². The van der Waals surface area contributed by atoms with Crippen LogP contribution in [0, 0.1) is 0 Å². The van der Waals surface area contributed by atoms with Crippen LogP contribution in [-0.2, 0) is 6.18 Å². The molecule has 2 aromatic rings. The molecule has 2 nitrogen and oxygen atoms in total. The number of halogens is 3. The third-order valence-electron chi connectivity index (χ3n) is 1.93. The minimum atomic E-state index is -4.31. The molecule has 15 heavy (non-hydrogen) atoms. The van der Waals surface area contributed by atoms with Crippen LogP contribution in [-0.4, -0.2) is 9.55 Å². The summed E-state index contributed by atoms with van der Waals surface area (Å²) in [5.74, 6) is 0.466. The van der Waals surface area contributed by atoms with Gasteiger partial charge in [-0.25, -0.2) is 4.98 Å². The summed E-state index contributed by atoms with van der Waals surface area (Å²) in [6.07, 6.45) is -0.421. The molecular formula is C10H7F3N2. The Morgan fingerprint density at radius 3 is 2.47 bits per heavy atom. The first-order valence-electron chi connectivity index (χ1n) is 4.24. The Kier molecular flexibility index (Phi) is 2.22. The molecule has 0 spiro atoms. The second-order valence-electron chi connectivity index (χ2n) is 2.99. The maximum Gasteiger partial charge on any atom is 0.417 e. The summed E-state index contributed by atoms with van der Waals surface area (Å²) < 4.78 is 38.2. The Hall–Kier alpha value is -1.78. The van der Waals surface area contributed by atoms with Gasteiger partial charge in [0.15, 0.2) is 0 Å². The van der Waals surface area contributed by atoms with Gasteiger partial charge in [0.05, 0.1) is 5.56 Å². The first-order valence-corrected chi connectivity index (χ1v) is 4.24. The number of aromatic nitrogens is 2. The molecule has 0 aliphatic rings. The largest absolute Gasteiger partial charge is 0.417 e. The summed E-state index contributed by atoms with van der Waals surface area (Å²) >= 11 is 0. The second-order valence-corrected chi connectivity index (χ2v) is 2.99. The molecule has 0 fully saturated rings. The lowest BCUT2D eigenvalue weighted by Gasteiger charge is -2.02. The van der Waals surface area contributed by atoms with Gasteiger partial charge < -0.3 is 4.57 Å². The molecule has 5 heteroatoms. The second kappa shape index (κ2) is 3.42. The lowest BCUT2D eigenvalue weighted by molar-refractivity contribution is -0.137. The van der Waals surface area contributed by atoms with Gasteiger partial charge in [0, 0.05) is 18.6 Å². The summed E-state index contributed by atoms with van der Waals surface area (Å²) in [6.45, 7) is 0. The van der Waals surface area contributed by atoms with E-state index in [0.29, 0.717) is 5.82 Å². The molecule has 0 aliphatic heterocycles. The van der Waals surface area contributed by atoms with Crippen molar-refractivity contribution < 1.29 is 13.2 Å². The molecule has 0 bridgehead atoms. The van der Waals surface area contributed by atoms with Crippen LogP contribution in [0.25, 0.3) is 5.82 Å². The van der Waals surface area contributed by atoms with Gasteiger partial charge in [-0.2, -0.15) is 13.2 Å². The van der Waals surface area contributed by atoms with Crippen LogP contribution in [0.1, 0.15) is 5.56 Å². The van der Waals surface area contributed by atoms with Crippen molar-refractivity contribution >= 4 is 0 Å². The predicted molar refractivity (Wildman–Crippen MR) is 48.6 cm³/mol. The first-order chi connectivity index (χ1) is 7.07. The lowest BCUT2D eigenvalue weighted by Crippen LogP contribution is -2.03. The van der Waals surface area contributed by atoms with Gasteiger partial charge in [-0.1, -0.05) is 6.07 Å². The SMILES string of the molecule is FC(F)(F)c1ccn(-c2ccccn2)c1. The van der Waals surface area contributed by atoms with E-state index >= 15 is 0 Å². The average molecular weight is 212 g/mol. The molecule has 2 rings (SSSR count). The van der Waals surface area contributed by atoms with E-state index in [0.717, 1.165) is 12.3 Å². The van der Waals surface area contributed by atoms with Gasteiger partial charge in [0.25, 0.3) is 0 Å². The van der Waals surface area contributed by atoms with Crippen LogP contribution in [0.15, 0.2) is 42.9 Å². The van der Waals surface area contributed by atoms with Gasteiger partial charge in [0.2, 0.25) is 0 Å². The number of nitrogens with zero attached hydrogens (tertiary/aromatic N) is 2. The van der Waals surface area contributed by atoms with E-state index in [1.807, 2.05) is 0 Å². The van der Waals surface area contributed by atoms with Crippen LogP contribution in [0.4, 0.5) is 13.2 Å². The van der Waals surface area contributed by atoms with Crippen molar-refractivity contribution in [3.63, 3.8) is 0 Å². The van der Waals surface area contributed by atoms with Crippen LogP contribution >= 0.6 is 0 Å². The molecule has 0 saturated heterocycles. The summed E-state index contributed by atoms with van der Waals surface area (Å²) in [7, 11) is 0. The average Bonchev–Trinajstić information content (AvgIpc) is 2.67. The minimum absolute atomic E-state index is 0.466. The minimum Gasteiger partial charge on any atom is -0.308 e. The Morgan fingerprint density at radius 2 is 1.93 bits per heavy atom. The zero-order chi connectivity index (χ0) is 10.9. The standard InChI is InChI=1S/C10H7F3N2/c11-10(12,13)8-4-6-15(7-8)9-3-1-2-5-14-9/h1-7H. The van der Waals surface area contributed by atoms with Crippen LogP contribution in [0.3, 0.4) is 0 Å². The molecule has 0 radical (unpaired) electrons. The maximum atomic E-state index is 12.3. The molecule has 0 saturated carbocycles. The Balaban J connectivity index is 2.37. The summed E-state index contributed by atoms with van der Waals surface area (Å²) in [4.78, 5) is 3.94. The van der Waals surface area contributed by atoms with Gasteiger partial charge in [-0.15, -0.1) is 0 Å². The predicted octanol–water partition coefficient (Wildman–Crippen LogP) is 2.89. The van der Waals surface area contributed by atoms with E-state index in [-0.39, 0.29) is 0 Å². The third-order valence-corrected chi connectivity index (χ3v) is 1.93. The molecule has 0 aliphatic carbocycles. The van der Waals surface area contributed by atoms with Crippen molar-refractivity contribution in [1.29, 1.82) is 0 Å². The fourth-order valence-corrected chi connectivity index (χ4v) is 1.21. The fourth-order valence-electron chi connectivity index (χ4n) is 1.21. The molecule has 78 valence electrons. The van der Waals surface area contributed by atoms with Crippen LogP contribution in [0.2, 0.25) is 0 Å². The van der Waals surface area contributed by atoms with E-state index in [4.69, 9.17) is 0 Å². The van der Waals surface area contributed by atoms with Crippen molar-refractivity contribution in [3.05, 3.63) is 48.4 Å². The van der Waals surface area contributed by atoms with Crippen molar-refractivity contribution in [3.8, 4) is 5.82 Å².